The molecular formula is C13H15NO3S. The lowest BCUT2D eigenvalue weighted by molar-refractivity contribution is -0.143. The second kappa shape index (κ2) is 5.35. The number of rotatable bonds is 5. The molecule has 96 valence electrons. The first-order valence-corrected chi connectivity index (χ1v) is 6.70. The van der Waals surface area contributed by atoms with Crippen molar-refractivity contribution in [1.29, 1.82) is 0 Å². The summed E-state index contributed by atoms with van der Waals surface area (Å²) < 4.78 is 0. The van der Waals surface area contributed by atoms with Gasteiger partial charge in [0.05, 0.1) is 0 Å². The molecule has 0 radical (unpaired) electrons. The van der Waals surface area contributed by atoms with E-state index in [2.05, 4.69) is 0 Å². The molecule has 1 aliphatic carbocycles. The molecule has 0 atom stereocenters. The third-order valence-corrected chi connectivity index (χ3v) is 3.84. The summed E-state index contributed by atoms with van der Waals surface area (Å²) in [5, 5.41) is 10.8. The fourth-order valence-electron chi connectivity index (χ4n) is 1.72. The van der Waals surface area contributed by atoms with Gasteiger partial charge in [-0.25, -0.2) is 0 Å². The number of nitrogens with zero attached hydrogens (tertiary/aromatic N) is 1. The molecule has 0 aromatic carbocycles. The molecule has 0 aliphatic heterocycles. The highest BCUT2D eigenvalue weighted by Gasteiger charge is 2.32. The van der Waals surface area contributed by atoms with Gasteiger partial charge in [-0.1, -0.05) is 0 Å². The van der Waals surface area contributed by atoms with Crippen LogP contribution >= 0.6 is 11.3 Å². The number of aliphatic carboxylic acids is 1. The highest BCUT2D eigenvalue weighted by Crippen LogP contribution is 2.27. The number of aryl methyl sites for hydroxylation is 1. The van der Waals surface area contributed by atoms with E-state index in [1.807, 2.05) is 18.4 Å². The molecule has 1 aromatic heterocycles. The standard InChI is InChI=1S/C13H15NO3S/c1-9-6-7-18-11(9)4-5-12(15)14(8-13(16)17)10-2-3-10/h4-7,10H,2-3,8H2,1H3,(H,16,17)/b5-4+. The van der Waals surface area contributed by atoms with Gasteiger partial charge in [0.25, 0.3) is 0 Å². The number of carbonyl (C=O) groups is 2. The lowest BCUT2D eigenvalue weighted by Gasteiger charge is -2.17. The van der Waals surface area contributed by atoms with Gasteiger partial charge in [0.1, 0.15) is 6.54 Å². The van der Waals surface area contributed by atoms with Gasteiger partial charge in [-0.2, -0.15) is 0 Å². The van der Waals surface area contributed by atoms with Gasteiger partial charge in [0.2, 0.25) is 5.91 Å². The van der Waals surface area contributed by atoms with Crippen molar-refractivity contribution in [1.82, 2.24) is 4.90 Å². The molecule has 1 aliphatic rings. The van der Waals surface area contributed by atoms with Crippen LogP contribution in [0.2, 0.25) is 0 Å². The minimum Gasteiger partial charge on any atom is -0.480 e. The largest absolute Gasteiger partial charge is 0.480 e. The molecule has 1 amide bonds. The van der Waals surface area contributed by atoms with Crippen molar-refractivity contribution in [3.05, 3.63) is 28.0 Å². The Morgan fingerprint density at radius 2 is 2.28 bits per heavy atom. The zero-order valence-corrected chi connectivity index (χ0v) is 10.9. The van der Waals surface area contributed by atoms with Gasteiger partial charge in [-0.15, -0.1) is 11.3 Å². The summed E-state index contributed by atoms with van der Waals surface area (Å²) in [4.78, 5) is 25.1. The van der Waals surface area contributed by atoms with E-state index < -0.39 is 5.97 Å². The maximum Gasteiger partial charge on any atom is 0.323 e. The third-order valence-electron chi connectivity index (χ3n) is 2.86. The summed E-state index contributed by atoms with van der Waals surface area (Å²) in [6, 6.07) is 2.10. The van der Waals surface area contributed by atoms with Crippen LogP contribution in [0.4, 0.5) is 0 Å². The van der Waals surface area contributed by atoms with E-state index in [-0.39, 0.29) is 18.5 Å². The number of hydrogen-bond donors (Lipinski definition) is 1. The second-order valence-electron chi connectivity index (χ2n) is 4.39. The van der Waals surface area contributed by atoms with E-state index in [9.17, 15) is 9.59 Å². The maximum absolute atomic E-state index is 11.9. The highest BCUT2D eigenvalue weighted by atomic mass is 32.1. The zero-order valence-electron chi connectivity index (χ0n) is 10.1. The van der Waals surface area contributed by atoms with Crippen LogP contribution in [-0.2, 0) is 9.59 Å². The van der Waals surface area contributed by atoms with E-state index in [1.54, 1.807) is 17.4 Å². The van der Waals surface area contributed by atoms with Crippen molar-refractivity contribution in [2.45, 2.75) is 25.8 Å². The van der Waals surface area contributed by atoms with Gasteiger partial charge in [0.15, 0.2) is 0 Å². The van der Waals surface area contributed by atoms with E-state index in [4.69, 9.17) is 5.11 Å². The van der Waals surface area contributed by atoms with Crippen molar-refractivity contribution in [2.24, 2.45) is 0 Å². The van der Waals surface area contributed by atoms with Crippen LogP contribution in [0.5, 0.6) is 0 Å². The van der Waals surface area contributed by atoms with Crippen molar-refractivity contribution in [3.8, 4) is 0 Å². The molecule has 0 spiro atoms. The van der Waals surface area contributed by atoms with E-state index in [0.29, 0.717) is 0 Å². The average Bonchev–Trinajstić information content (AvgIpc) is 3.07. The number of carboxylic acids is 1. The molecule has 1 fully saturated rings. The van der Waals surface area contributed by atoms with Crippen molar-refractivity contribution < 1.29 is 14.7 Å². The Balaban J connectivity index is 2.03. The van der Waals surface area contributed by atoms with Gasteiger partial charge in [0, 0.05) is 17.0 Å². The SMILES string of the molecule is Cc1ccsc1/C=C/C(=O)N(CC(=O)O)C1CC1. The van der Waals surface area contributed by atoms with E-state index >= 15 is 0 Å². The zero-order chi connectivity index (χ0) is 13.1. The number of thiophene rings is 1. The first kappa shape index (κ1) is 12.8. The van der Waals surface area contributed by atoms with Gasteiger partial charge in [-0.05, 0) is 42.9 Å². The number of hydrogen-bond acceptors (Lipinski definition) is 3. The summed E-state index contributed by atoms with van der Waals surface area (Å²) in [5.41, 5.74) is 1.13. The fourth-order valence-corrected chi connectivity index (χ4v) is 2.54. The third kappa shape index (κ3) is 3.20. The summed E-state index contributed by atoms with van der Waals surface area (Å²) >= 11 is 1.57. The summed E-state index contributed by atoms with van der Waals surface area (Å²) in [7, 11) is 0. The van der Waals surface area contributed by atoms with Gasteiger partial charge < -0.3 is 10.0 Å². The molecular weight excluding hydrogens is 250 g/mol. The molecule has 1 aromatic rings. The molecule has 1 heterocycles. The maximum atomic E-state index is 11.9. The van der Waals surface area contributed by atoms with E-state index in [1.165, 1.54) is 11.0 Å². The highest BCUT2D eigenvalue weighted by molar-refractivity contribution is 7.11. The Labute approximate surface area is 110 Å². The molecule has 4 nitrogen and oxygen atoms in total. The van der Waals surface area contributed by atoms with Crippen LogP contribution in [0.1, 0.15) is 23.3 Å². The number of amides is 1. The van der Waals surface area contributed by atoms with Crippen LogP contribution in [0, 0.1) is 6.92 Å². The normalized spacial score (nSPS) is 14.9. The predicted molar refractivity (Wildman–Crippen MR) is 70.5 cm³/mol. The average molecular weight is 265 g/mol. The summed E-state index contributed by atoms with van der Waals surface area (Å²) in [6.45, 7) is 1.77. The quantitative estimate of drug-likeness (QED) is 0.830. The topological polar surface area (TPSA) is 57.6 Å². The predicted octanol–water partition coefficient (Wildman–Crippen LogP) is 2.15. The Hall–Kier alpha value is -1.62. The molecule has 1 saturated carbocycles. The second-order valence-corrected chi connectivity index (χ2v) is 5.34. The lowest BCUT2D eigenvalue weighted by atomic mass is 10.2. The molecule has 1 N–H and O–H groups in total. The molecule has 2 rings (SSSR count). The van der Waals surface area contributed by atoms with E-state index in [0.717, 1.165) is 23.3 Å². The summed E-state index contributed by atoms with van der Waals surface area (Å²) in [5.74, 6) is -1.18. The minimum absolute atomic E-state index is 0.114. The van der Waals surface area contributed by atoms with Gasteiger partial charge in [-0.3, -0.25) is 9.59 Å². The molecule has 0 saturated heterocycles. The van der Waals surface area contributed by atoms with Crippen LogP contribution < -0.4 is 0 Å². The molecule has 18 heavy (non-hydrogen) atoms. The monoisotopic (exact) mass is 265 g/mol. The van der Waals surface area contributed by atoms with Crippen molar-refractivity contribution in [2.75, 3.05) is 6.54 Å². The Morgan fingerprint density at radius 3 is 2.78 bits per heavy atom. The first-order chi connectivity index (χ1) is 8.58. The molecule has 0 unspecified atom stereocenters. The smallest absolute Gasteiger partial charge is 0.323 e. The van der Waals surface area contributed by atoms with Crippen LogP contribution in [0.25, 0.3) is 6.08 Å². The van der Waals surface area contributed by atoms with Crippen molar-refractivity contribution >= 4 is 29.3 Å². The number of carboxylic acid groups (broad SMARTS) is 1. The molecule has 5 heteroatoms. The molecule has 0 bridgehead atoms. The number of carbonyl (C=O) groups excluding carboxylic acids is 1. The Bertz CT molecular complexity index is 488. The van der Waals surface area contributed by atoms with Crippen LogP contribution in [-0.4, -0.2) is 34.5 Å². The minimum atomic E-state index is -0.962. The Kier molecular flexibility index (Phi) is 3.81. The van der Waals surface area contributed by atoms with Crippen molar-refractivity contribution in [3.63, 3.8) is 0 Å². The van der Waals surface area contributed by atoms with Gasteiger partial charge >= 0.3 is 5.97 Å². The summed E-state index contributed by atoms with van der Waals surface area (Å²) in [6.07, 6.45) is 5.05. The fraction of sp³-hybridized carbons (Fsp3) is 0.385. The lowest BCUT2D eigenvalue weighted by Crippen LogP contribution is -2.36. The van der Waals surface area contributed by atoms with Crippen LogP contribution in [0.15, 0.2) is 17.5 Å². The Morgan fingerprint density at radius 1 is 1.56 bits per heavy atom. The first-order valence-electron chi connectivity index (χ1n) is 5.82. The van der Waals surface area contributed by atoms with Crippen LogP contribution in [0.3, 0.4) is 0 Å².